The van der Waals surface area contributed by atoms with Crippen LogP contribution in [0.5, 0.6) is 0 Å². The zero-order valence-corrected chi connectivity index (χ0v) is 15.6. The number of amides is 2. The molecular formula is C19H27N3O4. The molecule has 0 radical (unpaired) electrons. The normalized spacial score (nSPS) is 17.0. The number of aryl methyl sites for hydroxylation is 1. The lowest BCUT2D eigenvalue weighted by Gasteiger charge is -2.34. The molecule has 1 aromatic carbocycles. The topological polar surface area (TPSA) is 87.7 Å². The average molecular weight is 361 g/mol. The van der Waals surface area contributed by atoms with Crippen LogP contribution in [0.2, 0.25) is 0 Å². The number of hydrogen-bond donors (Lipinski definition) is 2. The Morgan fingerprint density at radius 1 is 1.38 bits per heavy atom. The number of piperazine rings is 1. The Hall–Kier alpha value is -2.57. The first-order valence-corrected chi connectivity index (χ1v) is 8.90. The van der Waals surface area contributed by atoms with Crippen molar-refractivity contribution in [2.45, 2.75) is 33.2 Å². The lowest BCUT2D eigenvalue weighted by molar-refractivity contribution is -0.152. The van der Waals surface area contributed by atoms with Crippen molar-refractivity contribution in [3.8, 4) is 0 Å². The minimum atomic E-state index is -0.824. The molecule has 142 valence electrons. The van der Waals surface area contributed by atoms with Gasteiger partial charge < -0.3 is 20.3 Å². The summed E-state index contributed by atoms with van der Waals surface area (Å²) in [6, 6.07) is 6.88. The highest BCUT2D eigenvalue weighted by Crippen LogP contribution is 2.13. The molecule has 0 spiro atoms. The van der Waals surface area contributed by atoms with E-state index in [9.17, 15) is 14.4 Å². The van der Waals surface area contributed by atoms with Gasteiger partial charge in [-0.2, -0.15) is 0 Å². The summed E-state index contributed by atoms with van der Waals surface area (Å²) in [6.07, 6.45) is -0.130. The summed E-state index contributed by atoms with van der Waals surface area (Å²) in [4.78, 5) is 38.2. The zero-order chi connectivity index (χ0) is 19.1. The van der Waals surface area contributed by atoms with E-state index in [1.54, 1.807) is 0 Å². The van der Waals surface area contributed by atoms with Gasteiger partial charge in [0.2, 0.25) is 11.8 Å². The molecule has 1 atom stereocenters. The lowest BCUT2D eigenvalue weighted by atomic mass is 10.1. The Morgan fingerprint density at radius 3 is 2.85 bits per heavy atom. The number of ether oxygens (including phenoxy) is 1. The van der Waals surface area contributed by atoms with E-state index in [-0.39, 0.29) is 30.7 Å². The molecule has 1 fully saturated rings. The molecule has 1 aromatic rings. The zero-order valence-electron chi connectivity index (χ0n) is 15.6. The van der Waals surface area contributed by atoms with Crippen LogP contribution in [0, 0.1) is 12.8 Å². The standard InChI is InChI=1S/C19H27N3O4/c1-13(2)12-26-18(24)10-16-19(25)20-7-8-22(16)17(23)11-21-15-6-4-5-14(3)9-15/h4-6,9,13,16,21H,7-8,10-12H2,1-3H3,(H,20,25). The predicted octanol–water partition coefficient (Wildman–Crippen LogP) is 1.32. The molecule has 0 aliphatic carbocycles. The van der Waals surface area contributed by atoms with Crippen molar-refractivity contribution < 1.29 is 19.1 Å². The maximum Gasteiger partial charge on any atom is 0.308 e. The van der Waals surface area contributed by atoms with E-state index in [4.69, 9.17) is 4.74 Å². The molecule has 2 amide bonds. The molecule has 0 saturated carbocycles. The Balaban J connectivity index is 1.96. The second-order valence-corrected chi connectivity index (χ2v) is 6.90. The van der Waals surface area contributed by atoms with E-state index in [2.05, 4.69) is 10.6 Å². The van der Waals surface area contributed by atoms with Crippen LogP contribution >= 0.6 is 0 Å². The van der Waals surface area contributed by atoms with Crippen LogP contribution in [-0.2, 0) is 19.1 Å². The summed E-state index contributed by atoms with van der Waals surface area (Å²) in [6.45, 7) is 6.97. The van der Waals surface area contributed by atoms with Crippen molar-refractivity contribution in [2.75, 3.05) is 31.6 Å². The van der Waals surface area contributed by atoms with Crippen molar-refractivity contribution in [3.05, 3.63) is 29.8 Å². The van der Waals surface area contributed by atoms with E-state index >= 15 is 0 Å². The highest BCUT2D eigenvalue weighted by molar-refractivity contribution is 5.93. The minimum absolute atomic E-state index is 0.0638. The van der Waals surface area contributed by atoms with Gasteiger partial charge in [-0.3, -0.25) is 14.4 Å². The summed E-state index contributed by atoms with van der Waals surface area (Å²) in [7, 11) is 0. The van der Waals surface area contributed by atoms with Gasteiger partial charge in [-0.05, 0) is 30.5 Å². The van der Waals surface area contributed by atoms with E-state index < -0.39 is 12.0 Å². The molecule has 7 nitrogen and oxygen atoms in total. The first-order chi connectivity index (χ1) is 12.4. The van der Waals surface area contributed by atoms with Gasteiger partial charge in [0.05, 0.1) is 19.6 Å². The fourth-order valence-electron chi connectivity index (χ4n) is 2.73. The van der Waals surface area contributed by atoms with Gasteiger partial charge in [0, 0.05) is 18.8 Å². The quantitative estimate of drug-likeness (QED) is 0.715. The molecule has 2 rings (SSSR count). The summed E-state index contributed by atoms with van der Waals surface area (Å²) < 4.78 is 5.15. The molecule has 26 heavy (non-hydrogen) atoms. The van der Waals surface area contributed by atoms with E-state index in [1.165, 1.54) is 4.90 Å². The number of carbonyl (C=O) groups excluding carboxylic acids is 3. The van der Waals surface area contributed by atoms with E-state index in [1.807, 2.05) is 45.0 Å². The number of hydrogen-bond acceptors (Lipinski definition) is 5. The smallest absolute Gasteiger partial charge is 0.308 e. The van der Waals surface area contributed by atoms with E-state index in [0.29, 0.717) is 19.7 Å². The van der Waals surface area contributed by atoms with Crippen molar-refractivity contribution in [1.29, 1.82) is 0 Å². The maximum absolute atomic E-state index is 12.6. The second-order valence-electron chi connectivity index (χ2n) is 6.90. The number of carbonyl (C=O) groups is 3. The Morgan fingerprint density at radius 2 is 2.15 bits per heavy atom. The van der Waals surface area contributed by atoms with Gasteiger partial charge in [0.25, 0.3) is 0 Å². The molecule has 0 aromatic heterocycles. The minimum Gasteiger partial charge on any atom is -0.465 e. The van der Waals surface area contributed by atoms with Crippen molar-refractivity contribution in [3.63, 3.8) is 0 Å². The van der Waals surface area contributed by atoms with Gasteiger partial charge in [0.15, 0.2) is 0 Å². The number of esters is 1. The third-order valence-electron chi connectivity index (χ3n) is 4.05. The van der Waals surface area contributed by atoms with E-state index in [0.717, 1.165) is 11.3 Å². The fraction of sp³-hybridized carbons (Fsp3) is 0.526. The highest BCUT2D eigenvalue weighted by atomic mass is 16.5. The molecular weight excluding hydrogens is 334 g/mol. The van der Waals surface area contributed by atoms with Crippen molar-refractivity contribution in [1.82, 2.24) is 10.2 Å². The SMILES string of the molecule is Cc1cccc(NCC(=O)N2CCNC(=O)C2CC(=O)OCC(C)C)c1. The predicted molar refractivity (Wildman–Crippen MR) is 98.6 cm³/mol. The summed E-state index contributed by atoms with van der Waals surface area (Å²) >= 11 is 0. The van der Waals surface area contributed by atoms with Gasteiger partial charge in [0.1, 0.15) is 6.04 Å². The number of rotatable bonds is 7. The summed E-state index contributed by atoms with van der Waals surface area (Å²) in [5.41, 5.74) is 1.93. The summed E-state index contributed by atoms with van der Waals surface area (Å²) in [5, 5.41) is 5.78. The Bertz CT molecular complexity index is 660. The third-order valence-corrected chi connectivity index (χ3v) is 4.05. The molecule has 1 heterocycles. The van der Waals surface area contributed by atoms with Gasteiger partial charge in [-0.25, -0.2) is 0 Å². The van der Waals surface area contributed by atoms with Crippen LogP contribution in [0.25, 0.3) is 0 Å². The number of anilines is 1. The monoisotopic (exact) mass is 361 g/mol. The van der Waals surface area contributed by atoms with Crippen LogP contribution in [0.3, 0.4) is 0 Å². The average Bonchev–Trinajstić information content (AvgIpc) is 2.59. The molecule has 1 saturated heterocycles. The fourth-order valence-corrected chi connectivity index (χ4v) is 2.73. The van der Waals surface area contributed by atoms with Crippen molar-refractivity contribution in [2.24, 2.45) is 5.92 Å². The maximum atomic E-state index is 12.6. The first-order valence-electron chi connectivity index (χ1n) is 8.90. The Labute approximate surface area is 154 Å². The van der Waals surface area contributed by atoms with Crippen LogP contribution in [-0.4, -0.2) is 55.0 Å². The van der Waals surface area contributed by atoms with Crippen molar-refractivity contribution >= 4 is 23.5 Å². The van der Waals surface area contributed by atoms with Gasteiger partial charge in [-0.15, -0.1) is 0 Å². The first kappa shape index (κ1) is 19.8. The lowest BCUT2D eigenvalue weighted by Crippen LogP contribution is -2.58. The number of nitrogens with one attached hydrogen (secondary N) is 2. The molecule has 1 aliphatic rings. The molecule has 1 unspecified atom stereocenters. The molecule has 2 N–H and O–H groups in total. The van der Waals surface area contributed by atoms with Crippen LogP contribution < -0.4 is 10.6 Å². The van der Waals surface area contributed by atoms with Crippen LogP contribution in [0.1, 0.15) is 25.8 Å². The second kappa shape index (κ2) is 9.22. The molecule has 1 aliphatic heterocycles. The summed E-state index contributed by atoms with van der Waals surface area (Å²) in [5.74, 6) is -0.787. The Kier molecular flexibility index (Phi) is 7.00. The van der Waals surface area contributed by atoms with Crippen LogP contribution in [0.4, 0.5) is 5.69 Å². The van der Waals surface area contributed by atoms with Gasteiger partial charge >= 0.3 is 5.97 Å². The largest absolute Gasteiger partial charge is 0.465 e. The highest BCUT2D eigenvalue weighted by Gasteiger charge is 2.34. The van der Waals surface area contributed by atoms with Crippen LogP contribution in [0.15, 0.2) is 24.3 Å². The molecule has 7 heteroatoms. The number of benzene rings is 1. The van der Waals surface area contributed by atoms with Gasteiger partial charge in [-0.1, -0.05) is 26.0 Å². The third kappa shape index (κ3) is 5.75. The molecule has 0 bridgehead atoms. The number of nitrogens with zero attached hydrogens (tertiary/aromatic N) is 1.